The Bertz CT molecular complexity index is 660. The van der Waals surface area contributed by atoms with E-state index in [1.54, 1.807) is 0 Å². The van der Waals surface area contributed by atoms with Gasteiger partial charge in [0.15, 0.2) is 0 Å². The standard InChI is InChI=1S/C20H21.2ClH.Zr/c1-3-6-16-13-18-7-5-8-19(20(18)14-16)17-11-9-15(4-2)10-12-17;;;/h5,7-14H,3-4,6H2,1-2H3;2*1H;/q;;;+2/p-2. The monoisotopic (exact) mass is 421 g/mol. The normalized spacial score (nSPS) is 12.1. The van der Waals surface area contributed by atoms with E-state index in [1.165, 1.54) is 46.2 Å². The summed E-state index contributed by atoms with van der Waals surface area (Å²) >= 11 is -0.826. The molecule has 3 heteroatoms. The molecule has 0 N–H and O–H groups in total. The number of fused-ring (bicyclic) bond motifs is 1. The van der Waals surface area contributed by atoms with Gasteiger partial charge in [0.2, 0.25) is 0 Å². The summed E-state index contributed by atoms with van der Waals surface area (Å²) < 4.78 is 0. The predicted octanol–water partition coefficient (Wildman–Crippen LogP) is 7.04. The maximum atomic E-state index is 4.93. The third-order valence-corrected chi connectivity index (χ3v) is 4.02. The quantitative estimate of drug-likeness (QED) is 0.495. The van der Waals surface area contributed by atoms with Crippen LogP contribution in [-0.2, 0) is 27.3 Å². The van der Waals surface area contributed by atoms with E-state index in [1.807, 2.05) is 0 Å². The number of allylic oxidation sites excluding steroid dienone is 1. The molecule has 2 aromatic rings. The first-order valence-corrected chi connectivity index (χ1v) is 14.3. The topological polar surface area (TPSA) is 0 Å². The van der Waals surface area contributed by atoms with E-state index in [2.05, 4.69) is 68.8 Å². The number of hydrogen-bond acceptors (Lipinski definition) is 0. The van der Waals surface area contributed by atoms with E-state index < -0.39 is 20.8 Å². The molecule has 0 saturated carbocycles. The van der Waals surface area contributed by atoms with Crippen molar-refractivity contribution in [3.63, 3.8) is 0 Å². The fraction of sp³-hybridized carbons (Fsp3) is 0.250. The molecule has 2 aromatic carbocycles. The van der Waals surface area contributed by atoms with E-state index in [9.17, 15) is 0 Å². The first-order valence-electron chi connectivity index (χ1n) is 7.97. The van der Waals surface area contributed by atoms with Gasteiger partial charge in [-0.25, -0.2) is 0 Å². The van der Waals surface area contributed by atoms with E-state index in [4.69, 9.17) is 17.0 Å². The average molecular weight is 424 g/mol. The van der Waals surface area contributed by atoms with Gasteiger partial charge in [-0.05, 0) is 40.7 Å². The zero-order valence-electron chi connectivity index (χ0n) is 13.6. The molecule has 119 valence electrons. The van der Waals surface area contributed by atoms with Crippen LogP contribution in [0.5, 0.6) is 0 Å². The van der Waals surface area contributed by atoms with Gasteiger partial charge in [0.25, 0.3) is 0 Å². The fourth-order valence-corrected chi connectivity index (χ4v) is 2.90. The Labute approximate surface area is 158 Å². The van der Waals surface area contributed by atoms with Crippen LogP contribution < -0.4 is 0 Å². The van der Waals surface area contributed by atoms with Crippen molar-refractivity contribution in [3.05, 3.63) is 71.1 Å². The summed E-state index contributed by atoms with van der Waals surface area (Å²) in [5, 5.41) is 0. The molecule has 0 spiro atoms. The molecule has 0 unspecified atom stereocenters. The Kier molecular flexibility index (Phi) is 8.10. The number of benzene rings is 2. The van der Waals surface area contributed by atoms with Gasteiger partial charge in [-0.15, -0.1) is 0 Å². The molecule has 0 heterocycles. The van der Waals surface area contributed by atoms with Crippen molar-refractivity contribution in [1.82, 2.24) is 0 Å². The summed E-state index contributed by atoms with van der Waals surface area (Å²) in [6.45, 7) is 4.44. The Hall–Kier alpha value is -0.357. The minimum absolute atomic E-state index is 0.826. The SMILES string of the molecule is CCCC1=Cc2c(cccc2-c2ccc(CC)cc2)[CH]1.[Cl][Zr][Cl]. The average Bonchev–Trinajstić information content (AvgIpc) is 2.98. The van der Waals surface area contributed by atoms with Gasteiger partial charge < -0.3 is 0 Å². The molecule has 0 nitrogen and oxygen atoms in total. The molecule has 1 aliphatic rings. The second kappa shape index (κ2) is 9.82. The zero-order valence-corrected chi connectivity index (χ0v) is 17.5. The van der Waals surface area contributed by atoms with E-state index in [-0.39, 0.29) is 0 Å². The van der Waals surface area contributed by atoms with Crippen LogP contribution in [0, 0.1) is 6.42 Å². The van der Waals surface area contributed by atoms with Gasteiger partial charge in [-0.3, -0.25) is 0 Å². The van der Waals surface area contributed by atoms with Gasteiger partial charge >= 0.3 is 37.9 Å². The zero-order chi connectivity index (χ0) is 16.7. The number of halogens is 2. The molecule has 1 aliphatic carbocycles. The Morgan fingerprint density at radius 2 is 1.65 bits per heavy atom. The molecule has 0 aromatic heterocycles. The second-order valence-electron chi connectivity index (χ2n) is 5.54. The third kappa shape index (κ3) is 5.06. The van der Waals surface area contributed by atoms with Crippen LogP contribution in [0.3, 0.4) is 0 Å². The molecule has 23 heavy (non-hydrogen) atoms. The van der Waals surface area contributed by atoms with Crippen molar-refractivity contribution < 1.29 is 20.8 Å². The van der Waals surface area contributed by atoms with E-state index in [0.717, 1.165) is 6.42 Å². The maximum absolute atomic E-state index is 4.93. The molecular formula is C20H21Cl2Zr. The van der Waals surface area contributed by atoms with Crippen LogP contribution in [0.4, 0.5) is 0 Å². The molecule has 3 rings (SSSR count). The summed E-state index contributed by atoms with van der Waals surface area (Å²) in [6.07, 6.45) is 8.17. The van der Waals surface area contributed by atoms with Gasteiger partial charge in [0, 0.05) is 6.42 Å². The van der Waals surface area contributed by atoms with Gasteiger partial charge in [0.1, 0.15) is 0 Å². The van der Waals surface area contributed by atoms with Crippen LogP contribution in [0.2, 0.25) is 0 Å². The van der Waals surface area contributed by atoms with Gasteiger partial charge in [-0.1, -0.05) is 74.4 Å². The molecule has 0 bridgehead atoms. The van der Waals surface area contributed by atoms with Crippen LogP contribution in [-0.4, -0.2) is 0 Å². The Balaban J connectivity index is 0.000000595. The predicted molar refractivity (Wildman–Crippen MR) is 99.2 cm³/mol. The van der Waals surface area contributed by atoms with Crippen LogP contribution in [0.25, 0.3) is 17.2 Å². The summed E-state index contributed by atoms with van der Waals surface area (Å²) in [6, 6.07) is 15.6. The Morgan fingerprint density at radius 1 is 0.957 bits per heavy atom. The molecule has 1 radical (unpaired) electrons. The number of aryl methyl sites for hydroxylation is 1. The molecule has 0 fully saturated rings. The summed E-state index contributed by atoms with van der Waals surface area (Å²) in [5.74, 6) is 0. The first kappa shape index (κ1) is 19.0. The molecular weight excluding hydrogens is 402 g/mol. The minimum atomic E-state index is -0.826. The third-order valence-electron chi connectivity index (χ3n) is 4.02. The number of hydrogen-bond donors (Lipinski definition) is 0. The first-order chi connectivity index (χ1) is 11.2. The van der Waals surface area contributed by atoms with Crippen LogP contribution in [0.1, 0.15) is 43.4 Å². The van der Waals surface area contributed by atoms with Crippen molar-refractivity contribution in [1.29, 1.82) is 0 Å². The van der Waals surface area contributed by atoms with Crippen LogP contribution in [0.15, 0.2) is 48.0 Å². The molecule has 0 amide bonds. The molecule has 0 atom stereocenters. The van der Waals surface area contributed by atoms with Crippen molar-refractivity contribution in [3.8, 4) is 11.1 Å². The molecule has 0 saturated heterocycles. The van der Waals surface area contributed by atoms with Crippen molar-refractivity contribution in [2.75, 3.05) is 0 Å². The van der Waals surface area contributed by atoms with Crippen LogP contribution >= 0.6 is 17.0 Å². The van der Waals surface area contributed by atoms with Crippen molar-refractivity contribution >= 4 is 23.1 Å². The van der Waals surface area contributed by atoms with Crippen molar-refractivity contribution in [2.24, 2.45) is 0 Å². The summed E-state index contributed by atoms with van der Waals surface area (Å²) in [4.78, 5) is 0. The van der Waals surface area contributed by atoms with Gasteiger partial charge in [0.05, 0.1) is 0 Å². The second-order valence-corrected chi connectivity index (χ2v) is 9.28. The number of rotatable bonds is 4. The van der Waals surface area contributed by atoms with E-state index >= 15 is 0 Å². The Morgan fingerprint density at radius 3 is 2.26 bits per heavy atom. The fourth-order valence-electron chi connectivity index (χ4n) is 2.90. The summed E-state index contributed by atoms with van der Waals surface area (Å²) in [5.41, 5.74) is 8.29. The van der Waals surface area contributed by atoms with E-state index in [0.29, 0.717) is 0 Å². The molecule has 0 aliphatic heterocycles. The van der Waals surface area contributed by atoms with Gasteiger partial charge in [-0.2, -0.15) is 0 Å². The van der Waals surface area contributed by atoms with Crippen molar-refractivity contribution in [2.45, 2.75) is 33.1 Å². The summed E-state index contributed by atoms with van der Waals surface area (Å²) in [7, 11) is 9.87.